The quantitative estimate of drug-likeness (QED) is 0.545. The molecular formula is C9H22O5Si2. The molecule has 0 amide bonds. The van der Waals surface area contributed by atoms with Gasteiger partial charge in [-0.1, -0.05) is 13.5 Å². The largest absolute Gasteiger partial charge is 0.526 e. The average Bonchev–Trinajstić information content (AvgIpc) is 2.36. The lowest BCUT2D eigenvalue weighted by molar-refractivity contribution is -0.128. The van der Waals surface area contributed by atoms with Gasteiger partial charge in [0.2, 0.25) is 10.5 Å². The zero-order valence-electron chi connectivity index (χ0n) is 10.6. The summed E-state index contributed by atoms with van der Waals surface area (Å²) in [6.07, 6.45) is 1.83. The Morgan fingerprint density at radius 2 is 2.00 bits per heavy atom. The summed E-state index contributed by atoms with van der Waals surface area (Å²) in [7, 11) is 1.37. The molecule has 0 bridgehead atoms. The van der Waals surface area contributed by atoms with Gasteiger partial charge in [0.05, 0.1) is 5.73 Å². The number of hydrogen-bond acceptors (Lipinski definition) is 5. The lowest BCUT2D eigenvalue weighted by Gasteiger charge is -2.26. The van der Waals surface area contributed by atoms with Crippen molar-refractivity contribution in [3.8, 4) is 0 Å². The molecule has 1 atom stereocenters. The van der Waals surface area contributed by atoms with Crippen LogP contribution in [0.25, 0.3) is 0 Å². The van der Waals surface area contributed by atoms with Crippen molar-refractivity contribution in [3.05, 3.63) is 12.7 Å². The summed E-state index contributed by atoms with van der Waals surface area (Å²) >= 11 is 0. The number of aliphatic hydroxyl groups is 1. The first-order chi connectivity index (χ1) is 7.41. The molecule has 0 aromatic heterocycles. The van der Waals surface area contributed by atoms with Crippen LogP contribution in [0.4, 0.5) is 0 Å². The van der Waals surface area contributed by atoms with Crippen molar-refractivity contribution in [1.82, 2.24) is 0 Å². The predicted octanol–water partition coefficient (Wildman–Crippen LogP) is -0.343. The van der Waals surface area contributed by atoms with Crippen LogP contribution < -0.4 is 0 Å². The molecule has 0 radical (unpaired) electrons. The van der Waals surface area contributed by atoms with Crippen LogP contribution in [0.2, 0.25) is 6.55 Å². The van der Waals surface area contributed by atoms with E-state index in [1.54, 1.807) is 14.2 Å². The summed E-state index contributed by atoms with van der Waals surface area (Å²) in [4.78, 5) is 9.88. The molecule has 1 N–H and O–H groups in total. The van der Waals surface area contributed by atoms with Crippen LogP contribution in [0, 0.1) is 0 Å². The Bertz CT molecular complexity index is 206. The van der Waals surface area contributed by atoms with Gasteiger partial charge in [-0.15, -0.1) is 0 Å². The first kappa shape index (κ1) is 17.9. The Hall–Kier alpha value is -0.476. The van der Waals surface area contributed by atoms with Gasteiger partial charge in [-0.05, 0) is 13.0 Å². The van der Waals surface area contributed by atoms with Crippen LogP contribution in [-0.4, -0.2) is 50.1 Å². The van der Waals surface area contributed by atoms with E-state index in [1.807, 2.05) is 13.5 Å². The van der Waals surface area contributed by atoms with E-state index in [-0.39, 0.29) is 5.97 Å². The van der Waals surface area contributed by atoms with E-state index in [0.29, 0.717) is 16.9 Å². The topological polar surface area (TPSA) is 65.0 Å². The fraction of sp³-hybridized carbons (Fsp3) is 0.667. The van der Waals surface area contributed by atoms with E-state index in [0.717, 1.165) is 6.08 Å². The van der Waals surface area contributed by atoms with Crippen LogP contribution in [0.15, 0.2) is 12.7 Å². The molecule has 5 nitrogen and oxygen atoms in total. The highest BCUT2D eigenvalue weighted by atomic mass is 28.4. The highest BCUT2D eigenvalue weighted by molar-refractivity contribution is 6.67. The second kappa shape index (κ2) is 9.73. The minimum atomic E-state index is -2.25. The van der Waals surface area contributed by atoms with E-state index in [9.17, 15) is 9.90 Å². The molecule has 16 heavy (non-hydrogen) atoms. The first-order valence-corrected chi connectivity index (χ1v) is 8.11. The molecule has 0 saturated carbocycles. The SMILES string of the molecule is C=CC(=O)O[SiH3].CCC(O)[Si](C)(OC)OC. The fourth-order valence-electron chi connectivity index (χ4n) is 0.810. The molecule has 7 heteroatoms. The normalized spacial score (nSPS) is 12.3. The van der Waals surface area contributed by atoms with Gasteiger partial charge in [0.25, 0.3) is 0 Å². The van der Waals surface area contributed by atoms with Crippen molar-refractivity contribution in [2.24, 2.45) is 0 Å². The van der Waals surface area contributed by atoms with Gasteiger partial charge < -0.3 is 18.4 Å². The maximum Gasteiger partial charge on any atom is 0.364 e. The molecule has 0 aromatic carbocycles. The van der Waals surface area contributed by atoms with Gasteiger partial charge in [0.15, 0.2) is 0 Å². The molecule has 96 valence electrons. The molecule has 0 fully saturated rings. The minimum absolute atomic E-state index is 0.332. The summed E-state index contributed by atoms with van der Waals surface area (Å²) in [5.41, 5.74) is -0.428. The van der Waals surface area contributed by atoms with Crippen molar-refractivity contribution < 1.29 is 23.2 Å². The number of hydrogen-bond donors (Lipinski definition) is 1. The third-order valence-electron chi connectivity index (χ3n) is 2.17. The van der Waals surface area contributed by atoms with Gasteiger partial charge >= 0.3 is 14.5 Å². The lowest BCUT2D eigenvalue weighted by Crippen LogP contribution is -2.48. The van der Waals surface area contributed by atoms with Crippen molar-refractivity contribution in [2.45, 2.75) is 25.6 Å². The zero-order chi connectivity index (χ0) is 13.2. The van der Waals surface area contributed by atoms with E-state index < -0.39 is 14.3 Å². The molecule has 0 spiro atoms. The van der Waals surface area contributed by atoms with Gasteiger partial charge in [0.1, 0.15) is 0 Å². The number of aliphatic hydroxyl groups excluding tert-OH is 1. The van der Waals surface area contributed by atoms with Crippen LogP contribution >= 0.6 is 0 Å². The molecule has 1 unspecified atom stereocenters. The van der Waals surface area contributed by atoms with Crippen molar-refractivity contribution in [2.75, 3.05) is 14.2 Å². The summed E-state index contributed by atoms with van der Waals surface area (Å²) in [6.45, 7) is 6.94. The lowest BCUT2D eigenvalue weighted by atomic mass is 10.5. The second-order valence-electron chi connectivity index (χ2n) is 3.08. The molecule has 0 saturated heterocycles. The third kappa shape index (κ3) is 6.91. The number of carbonyl (C=O) groups is 1. The van der Waals surface area contributed by atoms with Crippen molar-refractivity contribution in [3.63, 3.8) is 0 Å². The van der Waals surface area contributed by atoms with E-state index >= 15 is 0 Å². The van der Waals surface area contributed by atoms with E-state index in [2.05, 4.69) is 11.0 Å². The summed E-state index contributed by atoms with van der Waals surface area (Å²) < 4.78 is 14.5. The van der Waals surface area contributed by atoms with Crippen LogP contribution in [-0.2, 0) is 18.1 Å². The standard InChI is InChI=1S/C6H16O3Si.C3H6O2Si/c1-5-6(7)10(4,8-2)9-3;1-2-3(4)5-6/h6-7H,5H2,1-4H3;2H,1H2,6H3. The van der Waals surface area contributed by atoms with Gasteiger partial charge in [-0.2, -0.15) is 0 Å². The number of rotatable bonds is 5. The average molecular weight is 266 g/mol. The first-order valence-electron chi connectivity index (χ1n) is 4.90. The maximum atomic E-state index is 9.88. The Labute approximate surface area is 101 Å². The van der Waals surface area contributed by atoms with Crippen molar-refractivity contribution >= 4 is 25.0 Å². The Morgan fingerprint density at radius 1 is 1.56 bits per heavy atom. The molecular weight excluding hydrogens is 244 g/mol. The molecule has 0 rings (SSSR count). The Balaban J connectivity index is 0. The van der Waals surface area contributed by atoms with Gasteiger partial charge in [-0.25, -0.2) is 4.79 Å². The van der Waals surface area contributed by atoms with E-state index in [4.69, 9.17) is 8.85 Å². The second-order valence-corrected chi connectivity index (χ2v) is 7.00. The summed E-state index contributed by atoms with van der Waals surface area (Å²) in [5, 5.41) is 9.39. The monoisotopic (exact) mass is 266 g/mol. The molecule has 0 aliphatic carbocycles. The maximum absolute atomic E-state index is 9.88. The highest BCUT2D eigenvalue weighted by Gasteiger charge is 2.36. The van der Waals surface area contributed by atoms with Gasteiger partial charge in [-0.3, -0.25) is 0 Å². The minimum Gasteiger partial charge on any atom is -0.526 e. The molecule has 0 aromatic rings. The number of carbonyl (C=O) groups excluding carboxylic acids is 1. The molecule has 0 heterocycles. The molecule has 0 aliphatic heterocycles. The van der Waals surface area contributed by atoms with Crippen LogP contribution in [0.3, 0.4) is 0 Å². The molecule has 0 aliphatic rings. The Kier molecular flexibility index (Phi) is 10.9. The summed E-state index contributed by atoms with van der Waals surface area (Å²) in [6, 6.07) is 0. The third-order valence-corrected chi connectivity index (χ3v) is 5.81. The van der Waals surface area contributed by atoms with Gasteiger partial charge in [0, 0.05) is 20.3 Å². The highest BCUT2D eigenvalue weighted by Crippen LogP contribution is 2.12. The predicted molar refractivity (Wildman–Crippen MR) is 68.2 cm³/mol. The smallest absolute Gasteiger partial charge is 0.364 e. The van der Waals surface area contributed by atoms with Crippen LogP contribution in [0.1, 0.15) is 13.3 Å². The summed E-state index contributed by atoms with van der Waals surface area (Å²) in [5.74, 6) is -0.332. The van der Waals surface area contributed by atoms with Crippen LogP contribution in [0.5, 0.6) is 0 Å². The fourth-order valence-corrected chi connectivity index (χ4v) is 2.43. The van der Waals surface area contributed by atoms with E-state index in [1.165, 1.54) is 0 Å². The Morgan fingerprint density at radius 3 is 2.06 bits per heavy atom. The zero-order valence-corrected chi connectivity index (χ0v) is 13.6. The van der Waals surface area contributed by atoms with Crippen molar-refractivity contribution in [1.29, 1.82) is 0 Å².